The largest absolute Gasteiger partial charge is 0.504 e. The molecule has 0 saturated heterocycles. The summed E-state index contributed by atoms with van der Waals surface area (Å²) in [7, 11) is -0.962. The van der Waals surface area contributed by atoms with Crippen molar-refractivity contribution >= 4 is 15.8 Å². The van der Waals surface area contributed by atoms with Crippen molar-refractivity contribution in [3.63, 3.8) is 0 Å². The Bertz CT molecular complexity index is 1520. The average molecular weight is 522 g/mol. The van der Waals surface area contributed by atoms with Gasteiger partial charge in [0.2, 0.25) is 0 Å². The number of nitrogen functional groups attached to an aromatic ring is 1. The molecule has 0 saturated carbocycles. The summed E-state index contributed by atoms with van der Waals surface area (Å²) < 4.78 is 46.3. The molecule has 0 radical (unpaired) electrons. The molecule has 0 spiro atoms. The number of hydrogen-bond donors (Lipinski definition) is 2. The fourth-order valence-corrected chi connectivity index (χ4v) is 4.40. The van der Waals surface area contributed by atoms with Crippen molar-refractivity contribution in [1.82, 2.24) is 0 Å². The molecule has 0 amide bonds. The molecular weight excluding hydrogens is 494 g/mol. The second kappa shape index (κ2) is 10.7. The van der Waals surface area contributed by atoms with Gasteiger partial charge in [-0.25, -0.2) is 0 Å². The maximum absolute atomic E-state index is 12.0. The Kier molecular flexibility index (Phi) is 7.45. The highest BCUT2D eigenvalue weighted by atomic mass is 32.2. The first-order valence-corrected chi connectivity index (χ1v) is 13.1. The summed E-state index contributed by atoms with van der Waals surface area (Å²) >= 11 is 0. The van der Waals surface area contributed by atoms with Gasteiger partial charge in [-0.3, -0.25) is 0 Å². The third kappa shape index (κ3) is 5.90. The van der Waals surface area contributed by atoms with Crippen molar-refractivity contribution in [3.05, 3.63) is 84.4 Å². The number of phenolic OH excluding ortho intramolecular Hbond substituents is 1. The maximum Gasteiger partial charge on any atom is 0.306 e. The van der Waals surface area contributed by atoms with Crippen LogP contribution in [-0.4, -0.2) is 34.0 Å². The van der Waals surface area contributed by atoms with E-state index < -0.39 is 10.1 Å². The topological polar surface area (TPSA) is 117 Å². The molecule has 0 atom stereocenters. The molecule has 8 nitrogen and oxygen atoms in total. The number of phenols is 1. The molecule has 0 aliphatic rings. The first-order valence-electron chi connectivity index (χ1n) is 11.2. The number of rotatable bonds is 9. The van der Waals surface area contributed by atoms with Crippen LogP contribution in [0.5, 0.6) is 28.7 Å². The monoisotopic (exact) mass is 521 g/mol. The van der Waals surface area contributed by atoms with Crippen LogP contribution in [0.25, 0.3) is 22.3 Å². The third-order valence-corrected chi connectivity index (χ3v) is 6.03. The molecule has 0 bridgehead atoms. The fraction of sp³-hybridized carbons (Fsp3) is 0.143. The molecule has 0 aromatic heterocycles. The Hall–Kier alpha value is -4.37. The molecule has 37 heavy (non-hydrogen) atoms. The van der Waals surface area contributed by atoms with Gasteiger partial charge in [-0.15, -0.1) is 0 Å². The fourth-order valence-electron chi connectivity index (χ4n) is 3.94. The Morgan fingerprint density at radius 3 is 2.22 bits per heavy atom. The predicted octanol–water partition coefficient (Wildman–Crippen LogP) is 5.24. The predicted molar refractivity (Wildman–Crippen MR) is 143 cm³/mol. The van der Waals surface area contributed by atoms with Gasteiger partial charge in [0.05, 0.1) is 26.0 Å². The van der Waals surface area contributed by atoms with Crippen LogP contribution in [-0.2, 0) is 16.7 Å². The first kappa shape index (κ1) is 25.7. The lowest BCUT2D eigenvalue weighted by Crippen LogP contribution is -2.08. The van der Waals surface area contributed by atoms with E-state index in [1.54, 1.807) is 36.4 Å². The van der Waals surface area contributed by atoms with Crippen molar-refractivity contribution in [1.29, 1.82) is 0 Å². The van der Waals surface area contributed by atoms with Crippen LogP contribution in [0.2, 0.25) is 0 Å². The van der Waals surface area contributed by atoms with E-state index in [0.29, 0.717) is 28.1 Å². The minimum absolute atomic E-state index is 0.0312. The number of methoxy groups -OCH3 is 2. The number of nitrogens with two attached hydrogens (primary N) is 1. The molecule has 0 aliphatic heterocycles. The van der Waals surface area contributed by atoms with Crippen molar-refractivity contribution in [2.75, 3.05) is 26.2 Å². The summed E-state index contributed by atoms with van der Waals surface area (Å²) in [6.07, 6.45) is 0.947. The summed E-state index contributed by atoms with van der Waals surface area (Å²) in [5, 5.41) is 11.3. The molecule has 192 valence electrons. The number of aromatic hydroxyl groups is 1. The molecule has 4 aromatic carbocycles. The average Bonchev–Trinajstić information content (AvgIpc) is 2.87. The van der Waals surface area contributed by atoms with Crippen LogP contribution in [0.4, 0.5) is 5.69 Å². The second-order valence-electron chi connectivity index (χ2n) is 8.23. The SMILES string of the molecule is COc1cc(-c2cccc(N)c2)c(OC)c(O)c1-c1ccc(OCc2ccccc2)c(OS(C)(=O)=O)c1. The lowest BCUT2D eigenvalue weighted by Gasteiger charge is -2.19. The number of ether oxygens (including phenoxy) is 3. The van der Waals surface area contributed by atoms with Crippen molar-refractivity contribution in [3.8, 4) is 51.0 Å². The minimum atomic E-state index is -3.88. The van der Waals surface area contributed by atoms with Crippen LogP contribution >= 0.6 is 0 Å². The van der Waals surface area contributed by atoms with Crippen molar-refractivity contribution in [2.24, 2.45) is 0 Å². The van der Waals surface area contributed by atoms with E-state index in [0.717, 1.165) is 17.4 Å². The quantitative estimate of drug-likeness (QED) is 0.227. The van der Waals surface area contributed by atoms with E-state index >= 15 is 0 Å². The van der Waals surface area contributed by atoms with E-state index in [1.807, 2.05) is 36.4 Å². The normalized spacial score (nSPS) is 11.1. The van der Waals surface area contributed by atoms with Gasteiger partial charge >= 0.3 is 10.1 Å². The summed E-state index contributed by atoms with van der Waals surface area (Å²) in [4.78, 5) is 0. The molecule has 0 aliphatic carbocycles. The highest BCUT2D eigenvalue weighted by Crippen LogP contribution is 2.50. The lowest BCUT2D eigenvalue weighted by molar-refractivity contribution is 0.296. The van der Waals surface area contributed by atoms with E-state index in [2.05, 4.69) is 0 Å². The number of benzene rings is 4. The van der Waals surface area contributed by atoms with Gasteiger partial charge in [0.25, 0.3) is 0 Å². The zero-order valence-electron chi connectivity index (χ0n) is 20.6. The van der Waals surface area contributed by atoms with Crippen LogP contribution < -0.4 is 24.1 Å². The third-order valence-electron chi connectivity index (χ3n) is 5.55. The highest BCUT2D eigenvalue weighted by Gasteiger charge is 2.23. The molecule has 0 fully saturated rings. The maximum atomic E-state index is 12.0. The Labute approximate surface area is 215 Å². The molecule has 3 N–H and O–H groups in total. The molecule has 4 rings (SSSR count). The molecule has 9 heteroatoms. The standard InChI is InChI=1S/C28H27NO7S/c1-33-25-16-22(19-10-7-11-21(29)14-19)28(34-2)27(30)26(25)20-12-13-23(24(15-20)36-37(3,31)32)35-17-18-8-5-4-6-9-18/h4-16,30H,17,29H2,1-3H3. The van der Waals surface area contributed by atoms with Gasteiger partial charge < -0.3 is 29.2 Å². The Morgan fingerprint density at radius 1 is 0.811 bits per heavy atom. The zero-order chi connectivity index (χ0) is 26.6. The van der Waals surface area contributed by atoms with E-state index in [4.69, 9.17) is 24.1 Å². The highest BCUT2D eigenvalue weighted by molar-refractivity contribution is 7.86. The molecular formula is C28H27NO7S. The van der Waals surface area contributed by atoms with Crippen LogP contribution in [0.1, 0.15) is 5.56 Å². The van der Waals surface area contributed by atoms with Gasteiger partial charge in [-0.05, 0) is 47.0 Å². The van der Waals surface area contributed by atoms with Crippen LogP contribution in [0, 0.1) is 0 Å². The van der Waals surface area contributed by atoms with Gasteiger partial charge in [0.15, 0.2) is 23.0 Å². The van der Waals surface area contributed by atoms with Crippen LogP contribution in [0.3, 0.4) is 0 Å². The zero-order valence-corrected chi connectivity index (χ0v) is 21.4. The summed E-state index contributed by atoms with van der Waals surface area (Å²) in [5.41, 5.74) is 9.42. The van der Waals surface area contributed by atoms with Gasteiger partial charge in [-0.1, -0.05) is 48.5 Å². The van der Waals surface area contributed by atoms with Gasteiger partial charge in [0.1, 0.15) is 12.4 Å². The smallest absolute Gasteiger partial charge is 0.306 e. The molecule has 0 heterocycles. The minimum Gasteiger partial charge on any atom is -0.504 e. The lowest BCUT2D eigenvalue weighted by atomic mass is 9.96. The Morgan fingerprint density at radius 2 is 1.57 bits per heavy atom. The second-order valence-corrected chi connectivity index (χ2v) is 9.81. The Balaban J connectivity index is 1.82. The molecule has 4 aromatic rings. The van der Waals surface area contributed by atoms with Crippen molar-refractivity contribution in [2.45, 2.75) is 6.61 Å². The van der Waals surface area contributed by atoms with E-state index in [-0.39, 0.29) is 29.6 Å². The number of hydrogen-bond acceptors (Lipinski definition) is 8. The summed E-state index contributed by atoms with van der Waals surface area (Å²) in [5.74, 6) is 0.536. The van der Waals surface area contributed by atoms with Crippen molar-refractivity contribution < 1.29 is 31.9 Å². The first-order chi connectivity index (χ1) is 17.7. The van der Waals surface area contributed by atoms with Gasteiger partial charge in [0, 0.05) is 11.3 Å². The van der Waals surface area contributed by atoms with E-state index in [1.165, 1.54) is 20.3 Å². The summed E-state index contributed by atoms with van der Waals surface area (Å²) in [6, 6.07) is 23.0. The van der Waals surface area contributed by atoms with Crippen LogP contribution in [0.15, 0.2) is 78.9 Å². The van der Waals surface area contributed by atoms with Gasteiger partial charge in [-0.2, -0.15) is 8.42 Å². The molecule has 0 unspecified atom stereocenters. The summed E-state index contributed by atoms with van der Waals surface area (Å²) in [6.45, 7) is 0.206. The van der Waals surface area contributed by atoms with E-state index in [9.17, 15) is 13.5 Å². The number of anilines is 1.